The van der Waals surface area contributed by atoms with E-state index in [9.17, 15) is 4.79 Å². The summed E-state index contributed by atoms with van der Waals surface area (Å²) in [6.45, 7) is 0.532. The Bertz CT molecular complexity index is 748. The van der Waals surface area contributed by atoms with E-state index in [4.69, 9.17) is 10.3 Å². The highest BCUT2D eigenvalue weighted by Gasteiger charge is 2.13. The van der Waals surface area contributed by atoms with Crippen molar-refractivity contribution in [2.45, 2.75) is 6.42 Å². The normalized spacial score (nSPS) is 10.5. The molecule has 1 amide bonds. The van der Waals surface area contributed by atoms with Crippen molar-refractivity contribution >= 4 is 22.9 Å². The van der Waals surface area contributed by atoms with E-state index in [1.54, 1.807) is 17.4 Å². The minimum absolute atomic E-state index is 0.234. The molecule has 0 saturated carbocycles. The number of nitrogens with one attached hydrogen (secondary N) is 1. The van der Waals surface area contributed by atoms with Crippen molar-refractivity contribution in [2.24, 2.45) is 0 Å². The van der Waals surface area contributed by atoms with E-state index in [0.29, 0.717) is 18.0 Å². The van der Waals surface area contributed by atoms with Crippen LogP contribution >= 0.6 is 11.3 Å². The van der Waals surface area contributed by atoms with Crippen molar-refractivity contribution in [1.82, 2.24) is 10.5 Å². The van der Waals surface area contributed by atoms with E-state index >= 15 is 0 Å². The first kappa shape index (κ1) is 14.3. The van der Waals surface area contributed by atoms with Crippen LogP contribution in [-0.4, -0.2) is 17.6 Å². The Kier molecular flexibility index (Phi) is 4.20. The molecular formula is C16H15N3O2S. The van der Waals surface area contributed by atoms with Crippen molar-refractivity contribution in [3.8, 4) is 10.6 Å². The van der Waals surface area contributed by atoms with Crippen molar-refractivity contribution in [1.29, 1.82) is 0 Å². The van der Waals surface area contributed by atoms with Crippen LogP contribution in [0.1, 0.15) is 16.1 Å². The lowest BCUT2D eigenvalue weighted by atomic mass is 10.1. The highest BCUT2D eigenvalue weighted by atomic mass is 32.1. The molecule has 0 saturated heterocycles. The summed E-state index contributed by atoms with van der Waals surface area (Å²) in [6.07, 6.45) is 0.738. The monoisotopic (exact) mass is 313 g/mol. The van der Waals surface area contributed by atoms with E-state index in [-0.39, 0.29) is 5.91 Å². The van der Waals surface area contributed by atoms with Gasteiger partial charge in [0, 0.05) is 18.3 Å². The number of hydrogen-bond acceptors (Lipinski definition) is 5. The van der Waals surface area contributed by atoms with Gasteiger partial charge in [-0.25, -0.2) is 0 Å². The van der Waals surface area contributed by atoms with E-state index in [0.717, 1.165) is 22.5 Å². The number of benzene rings is 1. The second kappa shape index (κ2) is 6.44. The second-order valence-electron chi connectivity index (χ2n) is 4.80. The molecule has 2 aromatic heterocycles. The largest absolute Gasteiger partial charge is 0.399 e. The fraction of sp³-hybridized carbons (Fsp3) is 0.125. The SMILES string of the molecule is Nc1ccc(CCNC(=O)c2cc(-c3cccs3)on2)cc1. The van der Waals surface area contributed by atoms with Gasteiger partial charge in [0.15, 0.2) is 11.5 Å². The Morgan fingerprint density at radius 3 is 2.82 bits per heavy atom. The third-order valence-electron chi connectivity index (χ3n) is 3.19. The predicted molar refractivity (Wildman–Crippen MR) is 86.7 cm³/mol. The number of thiophene rings is 1. The molecule has 0 aliphatic rings. The molecule has 0 aliphatic carbocycles. The van der Waals surface area contributed by atoms with Crippen LogP contribution in [0.2, 0.25) is 0 Å². The fourth-order valence-corrected chi connectivity index (χ4v) is 2.69. The molecular weight excluding hydrogens is 298 g/mol. The van der Waals surface area contributed by atoms with Gasteiger partial charge < -0.3 is 15.6 Å². The number of anilines is 1. The van der Waals surface area contributed by atoms with Gasteiger partial charge >= 0.3 is 0 Å². The van der Waals surface area contributed by atoms with Gasteiger partial charge in [-0.2, -0.15) is 0 Å². The van der Waals surface area contributed by atoms with Crippen LogP contribution in [-0.2, 0) is 6.42 Å². The summed E-state index contributed by atoms with van der Waals surface area (Å²) >= 11 is 1.54. The summed E-state index contributed by atoms with van der Waals surface area (Å²) in [5.41, 5.74) is 7.78. The first-order chi connectivity index (χ1) is 10.7. The van der Waals surface area contributed by atoms with Gasteiger partial charge in [0.25, 0.3) is 5.91 Å². The molecule has 3 rings (SSSR count). The van der Waals surface area contributed by atoms with Crippen molar-refractivity contribution in [3.05, 3.63) is 59.1 Å². The maximum atomic E-state index is 12.0. The number of nitrogen functional groups attached to an aromatic ring is 1. The van der Waals surface area contributed by atoms with Gasteiger partial charge in [0.1, 0.15) is 0 Å². The molecule has 0 unspecified atom stereocenters. The van der Waals surface area contributed by atoms with Gasteiger partial charge in [-0.05, 0) is 35.6 Å². The molecule has 22 heavy (non-hydrogen) atoms. The van der Waals surface area contributed by atoms with Gasteiger partial charge in [0.05, 0.1) is 4.88 Å². The summed E-state index contributed by atoms with van der Waals surface area (Å²) in [5.74, 6) is 0.376. The zero-order valence-corrected chi connectivity index (χ0v) is 12.6. The summed E-state index contributed by atoms with van der Waals surface area (Å²) in [5, 5.41) is 8.59. The Labute approximate surface area is 131 Å². The van der Waals surface area contributed by atoms with Gasteiger partial charge in [0.2, 0.25) is 0 Å². The molecule has 6 heteroatoms. The Morgan fingerprint density at radius 1 is 1.27 bits per heavy atom. The lowest BCUT2D eigenvalue weighted by Gasteiger charge is -2.03. The topological polar surface area (TPSA) is 81.1 Å². The smallest absolute Gasteiger partial charge is 0.273 e. The quantitative estimate of drug-likeness (QED) is 0.710. The third-order valence-corrected chi connectivity index (χ3v) is 4.07. The molecule has 0 spiro atoms. The molecule has 5 nitrogen and oxygen atoms in total. The number of rotatable bonds is 5. The number of amides is 1. The molecule has 3 aromatic rings. The summed E-state index contributed by atoms with van der Waals surface area (Å²) in [7, 11) is 0. The third kappa shape index (κ3) is 3.35. The van der Waals surface area contributed by atoms with Crippen LogP contribution in [0.5, 0.6) is 0 Å². The van der Waals surface area contributed by atoms with E-state index in [2.05, 4.69) is 10.5 Å². The number of carbonyl (C=O) groups excluding carboxylic acids is 1. The molecule has 1 aromatic carbocycles. The van der Waals surface area contributed by atoms with Crippen molar-refractivity contribution in [3.63, 3.8) is 0 Å². The molecule has 112 valence electrons. The maximum absolute atomic E-state index is 12.0. The van der Waals surface area contributed by atoms with Gasteiger partial charge in [-0.3, -0.25) is 4.79 Å². The van der Waals surface area contributed by atoms with Gasteiger partial charge in [-0.15, -0.1) is 11.3 Å². The number of carbonyl (C=O) groups is 1. The Hall–Kier alpha value is -2.60. The van der Waals surface area contributed by atoms with E-state index < -0.39 is 0 Å². The zero-order valence-electron chi connectivity index (χ0n) is 11.8. The molecule has 0 aliphatic heterocycles. The summed E-state index contributed by atoms with van der Waals surface area (Å²) in [6, 6.07) is 13.1. The average molecular weight is 313 g/mol. The number of nitrogens with two attached hydrogens (primary N) is 1. The summed E-state index contributed by atoms with van der Waals surface area (Å²) < 4.78 is 5.19. The highest BCUT2D eigenvalue weighted by Crippen LogP contribution is 2.24. The standard InChI is InChI=1S/C16H15N3O2S/c17-12-5-3-11(4-6-12)7-8-18-16(20)13-10-14(21-19-13)15-2-1-9-22-15/h1-6,9-10H,7-8,17H2,(H,18,20). The van der Waals surface area contributed by atoms with Crippen LogP contribution in [0.4, 0.5) is 5.69 Å². The van der Waals surface area contributed by atoms with Crippen LogP contribution < -0.4 is 11.1 Å². The van der Waals surface area contributed by atoms with E-state index in [1.807, 2.05) is 41.8 Å². The molecule has 3 N–H and O–H groups in total. The minimum atomic E-state index is -0.234. The van der Waals surface area contributed by atoms with Crippen LogP contribution in [0.15, 0.2) is 52.4 Å². The average Bonchev–Trinajstić information content (AvgIpc) is 3.20. The molecule has 0 radical (unpaired) electrons. The first-order valence-corrected chi connectivity index (χ1v) is 7.73. The second-order valence-corrected chi connectivity index (χ2v) is 5.75. The predicted octanol–water partition coefficient (Wildman–Crippen LogP) is 2.96. The fourth-order valence-electron chi connectivity index (χ4n) is 2.01. The Balaban J connectivity index is 1.55. The lowest BCUT2D eigenvalue weighted by molar-refractivity contribution is 0.0945. The van der Waals surface area contributed by atoms with Crippen LogP contribution in [0.3, 0.4) is 0 Å². The summed E-state index contributed by atoms with van der Waals surface area (Å²) in [4.78, 5) is 13.0. The minimum Gasteiger partial charge on any atom is -0.399 e. The lowest BCUT2D eigenvalue weighted by Crippen LogP contribution is -2.25. The number of nitrogens with zero attached hydrogens (tertiary/aromatic N) is 1. The molecule has 0 fully saturated rings. The zero-order chi connectivity index (χ0) is 15.4. The molecule has 2 heterocycles. The molecule has 0 atom stereocenters. The van der Waals surface area contributed by atoms with Crippen LogP contribution in [0, 0.1) is 0 Å². The van der Waals surface area contributed by atoms with Crippen LogP contribution in [0.25, 0.3) is 10.6 Å². The van der Waals surface area contributed by atoms with Gasteiger partial charge in [-0.1, -0.05) is 23.4 Å². The maximum Gasteiger partial charge on any atom is 0.273 e. The Morgan fingerprint density at radius 2 is 2.09 bits per heavy atom. The highest BCUT2D eigenvalue weighted by molar-refractivity contribution is 7.13. The molecule has 0 bridgehead atoms. The number of aromatic nitrogens is 1. The van der Waals surface area contributed by atoms with Crippen molar-refractivity contribution in [2.75, 3.05) is 12.3 Å². The van der Waals surface area contributed by atoms with Crippen molar-refractivity contribution < 1.29 is 9.32 Å². The first-order valence-electron chi connectivity index (χ1n) is 6.85. The van der Waals surface area contributed by atoms with E-state index in [1.165, 1.54) is 0 Å². The number of hydrogen-bond donors (Lipinski definition) is 2.